The summed E-state index contributed by atoms with van der Waals surface area (Å²) in [5.74, 6) is 1.34. The minimum absolute atomic E-state index is 0.0190. The lowest BCUT2D eigenvalue weighted by Gasteiger charge is -2.39. The van der Waals surface area contributed by atoms with Gasteiger partial charge in [-0.15, -0.1) is 0 Å². The Bertz CT molecular complexity index is 657. The lowest BCUT2D eigenvalue weighted by Crippen LogP contribution is -2.57. The molecule has 0 aliphatic carbocycles. The molecule has 1 amide bonds. The molecule has 1 aromatic carbocycles. The quantitative estimate of drug-likeness (QED) is 0.775. The fourth-order valence-corrected chi connectivity index (χ4v) is 2.41. The minimum atomic E-state index is 0.0190. The highest BCUT2D eigenvalue weighted by Gasteiger charge is 2.31. The van der Waals surface area contributed by atoms with Crippen LogP contribution in [0, 0.1) is 0 Å². The number of amides is 1. The van der Waals surface area contributed by atoms with Gasteiger partial charge >= 0.3 is 0 Å². The smallest absolute Gasteiger partial charge is 0.254 e. The van der Waals surface area contributed by atoms with Crippen LogP contribution in [-0.2, 0) is 4.74 Å². The molecule has 1 aromatic heterocycles. The number of hydrogen-bond acceptors (Lipinski definition) is 6. The first-order valence-electron chi connectivity index (χ1n) is 7.81. The number of benzene rings is 1. The Labute approximate surface area is 140 Å². The number of hydrogen-bond donors (Lipinski definition) is 1. The van der Waals surface area contributed by atoms with Crippen LogP contribution in [0.2, 0.25) is 0 Å². The topological polar surface area (TPSA) is 76.6 Å². The fraction of sp³-hybridized carbons (Fsp3) is 0.353. The minimum Gasteiger partial charge on any atom is -0.491 e. The van der Waals surface area contributed by atoms with E-state index in [2.05, 4.69) is 15.3 Å². The molecule has 1 saturated heterocycles. The van der Waals surface area contributed by atoms with Crippen LogP contribution >= 0.6 is 0 Å². The molecule has 3 rings (SSSR count). The number of nitrogens with one attached hydrogen (secondary N) is 1. The Hall–Kier alpha value is -2.67. The molecule has 7 heteroatoms. The van der Waals surface area contributed by atoms with E-state index in [0.717, 1.165) is 5.75 Å². The molecule has 0 bridgehead atoms. The molecule has 24 heavy (non-hydrogen) atoms. The summed E-state index contributed by atoms with van der Waals surface area (Å²) >= 11 is 0. The van der Waals surface area contributed by atoms with Crippen LogP contribution in [0.4, 0.5) is 5.95 Å². The number of methoxy groups -OCH3 is 1. The summed E-state index contributed by atoms with van der Waals surface area (Å²) in [6.45, 7) is 2.31. The predicted octanol–water partition coefficient (Wildman–Crippen LogP) is 1.44. The van der Waals surface area contributed by atoms with Crippen molar-refractivity contribution >= 4 is 11.9 Å². The van der Waals surface area contributed by atoms with Crippen LogP contribution in [0.25, 0.3) is 0 Å². The Kier molecular flexibility index (Phi) is 5.22. The molecule has 7 nitrogen and oxygen atoms in total. The van der Waals surface area contributed by atoms with Crippen molar-refractivity contribution in [2.24, 2.45) is 0 Å². The van der Waals surface area contributed by atoms with Gasteiger partial charge in [0.15, 0.2) is 0 Å². The maximum Gasteiger partial charge on any atom is 0.254 e. The highest BCUT2D eigenvalue weighted by Crippen LogP contribution is 2.18. The highest BCUT2D eigenvalue weighted by molar-refractivity contribution is 5.95. The first-order valence-corrected chi connectivity index (χ1v) is 7.81. The van der Waals surface area contributed by atoms with Gasteiger partial charge in [-0.1, -0.05) is 0 Å². The molecule has 1 fully saturated rings. The number of anilines is 1. The Morgan fingerprint density at radius 2 is 1.92 bits per heavy atom. The van der Waals surface area contributed by atoms with Crippen molar-refractivity contribution in [2.45, 2.75) is 6.04 Å². The number of likely N-dealkylation sites (tertiary alicyclic amines) is 1. The van der Waals surface area contributed by atoms with Crippen LogP contribution < -0.4 is 10.1 Å². The van der Waals surface area contributed by atoms with Crippen molar-refractivity contribution in [3.05, 3.63) is 48.3 Å². The number of ether oxygens (including phenoxy) is 2. The van der Waals surface area contributed by atoms with E-state index in [4.69, 9.17) is 9.47 Å². The van der Waals surface area contributed by atoms with E-state index in [0.29, 0.717) is 37.8 Å². The molecule has 1 aliphatic rings. The first kappa shape index (κ1) is 16.2. The van der Waals surface area contributed by atoms with Crippen molar-refractivity contribution in [1.29, 1.82) is 0 Å². The number of nitrogens with zero attached hydrogens (tertiary/aromatic N) is 3. The lowest BCUT2D eigenvalue weighted by molar-refractivity contribution is 0.0624. The molecule has 126 valence electrons. The van der Waals surface area contributed by atoms with E-state index < -0.39 is 0 Å². The van der Waals surface area contributed by atoms with Gasteiger partial charge in [0.25, 0.3) is 5.91 Å². The zero-order chi connectivity index (χ0) is 16.8. The lowest BCUT2D eigenvalue weighted by atomic mass is 10.1. The number of aromatic nitrogens is 2. The highest BCUT2D eigenvalue weighted by atomic mass is 16.5. The molecular weight excluding hydrogens is 308 g/mol. The maximum atomic E-state index is 12.4. The largest absolute Gasteiger partial charge is 0.491 e. The van der Waals surface area contributed by atoms with Gasteiger partial charge in [-0.2, -0.15) is 0 Å². The van der Waals surface area contributed by atoms with Crippen LogP contribution in [0.3, 0.4) is 0 Å². The van der Waals surface area contributed by atoms with Crippen molar-refractivity contribution < 1.29 is 14.3 Å². The molecule has 0 radical (unpaired) electrons. The Morgan fingerprint density at radius 3 is 2.58 bits per heavy atom. The summed E-state index contributed by atoms with van der Waals surface area (Å²) in [5, 5.41) is 3.20. The van der Waals surface area contributed by atoms with Crippen LogP contribution in [-0.4, -0.2) is 60.2 Å². The molecule has 1 aliphatic heterocycles. The zero-order valence-corrected chi connectivity index (χ0v) is 13.5. The molecule has 2 heterocycles. The average Bonchev–Trinajstić information content (AvgIpc) is 2.59. The van der Waals surface area contributed by atoms with Crippen molar-refractivity contribution in [3.8, 4) is 5.75 Å². The van der Waals surface area contributed by atoms with Gasteiger partial charge in [0.2, 0.25) is 5.95 Å². The average molecular weight is 328 g/mol. The first-order chi connectivity index (χ1) is 11.8. The van der Waals surface area contributed by atoms with E-state index in [-0.39, 0.29) is 11.9 Å². The van der Waals surface area contributed by atoms with Gasteiger partial charge in [0.1, 0.15) is 12.4 Å². The second-order valence-electron chi connectivity index (χ2n) is 5.49. The van der Waals surface area contributed by atoms with E-state index in [1.807, 2.05) is 0 Å². The third-order valence-electron chi connectivity index (χ3n) is 3.73. The second kappa shape index (κ2) is 7.74. The Morgan fingerprint density at radius 1 is 1.21 bits per heavy atom. The summed E-state index contributed by atoms with van der Waals surface area (Å²) in [7, 11) is 1.63. The van der Waals surface area contributed by atoms with Gasteiger partial charge in [0, 0.05) is 38.2 Å². The molecule has 2 aromatic rings. The third-order valence-corrected chi connectivity index (χ3v) is 3.73. The molecule has 0 spiro atoms. The number of carbonyl (C=O) groups excluding carboxylic acids is 1. The van der Waals surface area contributed by atoms with Gasteiger partial charge in [-0.05, 0) is 30.3 Å². The number of rotatable bonds is 7. The summed E-state index contributed by atoms with van der Waals surface area (Å²) in [6.07, 6.45) is 3.38. The molecule has 0 unspecified atom stereocenters. The summed E-state index contributed by atoms with van der Waals surface area (Å²) in [6, 6.07) is 9.13. The predicted molar refractivity (Wildman–Crippen MR) is 89.2 cm³/mol. The second-order valence-corrected chi connectivity index (χ2v) is 5.49. The standard InChI is InChI=1S/C17H20N4O3/c1-23-9-10-24-15-5-3-13(4-6-15)16(22)21-11-14(12-21)20-17-18-7-2-8-19-17/h2-8,14H,9-12H2,1H3,(H,18,19,20). The van der Waals surface area contributed by atoms with E-state index >= 15 is 0 Å². The maximum absolute atomic E-state index is 12.4. The number of carbonyl (C=O) groups is 1. The normalized spacial score (nSPS) is 14.1. The van der Waals surface area contributed by atoms with E-state index in [1.54, 1.807) is 54.7 Å². The molecular formula is C17H20N4O3. The fourth-order valence-electron chi connectivity index (χ4n) is 2.41. The summed E-state index contributed by atoms with van der Waals surface area (Å²) in [5.41, 5.74) is 0.656. The molecule has 0 saturated carbocycles. The Balaban J connectivity index is 1.47. The molecule has 0 atom stereocenters. The van der Waals surface area contributed by atoms with Gasteiger partial charge < -0.3 is 19.7 Å². The molecule has 1 N–H and O–H groups in total. The van der Waals surface area contributed by atoms with Crippen molar-refractivity contribution in [3.63, 3.8) is 0 Å². The summed E-state index contributed by atoms with van der Waals surface area (Å²) in [4.78, 5) is 22.4. The van der Waals surface area contributed by atoms with Crippen molar-refractivity contribution in [1.82, 2.24) is 14.9 Å². The van der Waals surface area contributed by atoms with Crippen molar-refractivity contribution in [2.75, 3.05) is 38.7 Å². The van der Waals surface area contributed by atoms with E-state index in [1.165, 1.54) is 0 Å². The van der Waals surface area contributed by atoms with Crippen LogP contribution in [0.15, 0.2) is 42.7 Å². The zero-order valence-electron chi connectivity index (χ0n) is 13.5. The van der Waals surface area contributed by atoms with E-state index in [9.17, 15) is 4.79 Å². The SMILES string of the molecule is COCCOc1ccc(C(=O)N2CC(Nc3ncccn3)C2)cc1. The third kappa shape index (κ3) is 3.99. The monoisotopic (exact) mass is 328 g/mol. The van der Waals surface area contributed by atoms with Gasteiger partial charge in [-0.25, -0.2) is 9.97 Å². The van der Waals surface area contributed by atoms with Crippen LogP contribution in [0.1, 0.15) is 10.4 Å². The van der Waals surface area contributed by atoms with Gasteiger partial charge in [0.05, 0.1) is 12.6 Å². The van der Waals surface area contributed by atoms with Gasteiger partial charge in [-0.3, -0.25) is 4.79 Å². The van der Waals surface area contributed by atoms with Crippen LogP contribution in [0.5, 0.6) is 5.75 Å². The summed E-state index contributed by atoms with van der Waals surface area (Å²) < 4.78 is 10.4.